The second-order valence-corrected chi connectivity index (χ2v) is 3.08. The van der Waals surface area contributed by atoms with Gasteiger partial charge in [0, 0.05) is 6.54 Å². The highest BCUT2D eigenvalue weighted by Crippen LogP contribution is 2.19. The lowest BCUT2D eigenvalue weighted by molar-refractivity contribution is -0.153. The van der Waals surface area contributed by atoms with Crippen molar-refractivity contribution in [2.24, 2.45) is 0 Å². The van der Waals surface area contributed by atoms with Gasteiger partial charge in [-0.1, -0.05) is 12.1 Å². The highest BCUT2D eigenvalue weighted by molar-refractivity contribution is 5.28. The van der Waals surface area contributed by atoms with Crippen LogP contribution in [0.25, 0.3) is 0 Å². The van der Waals surface area contributed by atoms with Crippen LogP contribution in [0.1, 0.15) is 5.56 Å². The molecule has 0 aliphatic heterocycles. The average molecular weight is 219 g/mol. The summed E-state index contributed by atoms with van der Waals surface area (Å²) in [6.45, 7) is -0.654. The van der Waals surface area contributed by atoms with E-state index < -0.39 is 12.8 Å². The predicted molar refractivity (Wildman–Crippen MR) is 50.8 cm³/mol. The number of benzene rings is 1. The Balaban J connectivity index is 2.57. The van der Waals surface area contributed by atoms with Gasteiger partial charge < -0.3 is 10.1 Å². The van der Waals surface area contributed by atoms with Crippen molar-refractivity contribution >= 4 is 0 Å². The maximum atomic E-state index is 11.9. The van der Waals surface area contributed by atoms with E-state index in [4.69, 9.17) is 0 Å². The summed E-state index contributed by atoms with van der Waals surface area (Å²) < 4.78 is 40.2. The van der Waals surface area contributed by atoms with E-state index in [1.165, 1.54) is 6.07 Å². The van der Waals surface area contributed by atoms with Crippen LogP contribution in [0.4, 0.5) is 13.2 Å². The summed E-state index contributed by atoms with van der Waals surface area (Å²) in [7, 11) is 1.77. The predicted octanol–water partition coefficient (Wildman–Crippen LogP) is 2.35. The number of nitrogens with one attached hydrogen (secondary N) is 1. The smallest absolute Gasteiger partial charge is 0.422 e. The summed E-state index contributed by atoms with van der Waals surface area (Å²) in [6, 6.07) is 6.57. The minimum absolute atomic E-state index is 0.236. The van der Waals surface area contributed by atoms with Gasteiger partial charge in [-0.2, -0.15) is 13.2 Å². The molecule has 1 aromatic rings. The van der Waals surface area contributed by atoms with E-state index in [0.717, 1.165) is 5.56 Å². The molecular formula is C10H12F3NO. The molecule has 1 rings (SSSR count). The summed E-state index contributed by atoms with van der Waals surface area (Å²) in [4.78, 5) is 0. The third-order valence-corrected chi connectivity index (χ3v) is 1.68. The van der Waals surface area contributed by atoms with Gasteiger partial charge in [-0.05, 0) is 24.7 Å². The zero-order valence-corrected chi connectivity index (χ0v) is 8.27. The molecule has 1 aromatic carbocycles. The van der Waals surface area contributed by atoms with Crippen LogP contribution in [-0.4, -0.2) is 19.8 Å². The van der Waals surface area contributed by atoms with Crippen LogP contribution < -0.4 is 10.1 Å². The van der Waals surface area contributed by atoms with Gasteiger partial charge in [0.15, 0.2) is 6.61 Å². The molecule has 1 N–H and O–H groups in total. The SMILES string of the molecule is CNCc1cccc(OCC(F)(F)F)c1. The van der Waals surface area contributed by atoms with Crippen molar-refractivity contribution in [1.29, 1.82) is 0 Å². The number of alkyl halides is 3. The number of ether oxygens (including phenoxy) is 1. The van der Waals surface area contributed by atoms with Gasteiger partial charge in [0.05, 0.1) is 0 Å². The van der Waals surface area contributed by atoms with Crippen molar-refractivity contribution in [1.82, 2.24) is 5.32 Å². The molecule has 0 bridgehead atoms. The largest absolute Gasteiger partial charge is 0.484 e. The van der Waals surface area contributed by atoms with Crippen molar-refractivity contribution in [3.63, 3.8) is 0 Å². The fourth-order valence-corrected chi connectivity index (χ4v) is 1.11. The minimum Gasteiger partial charge on any atom is -0.484 e. The van der Waals surface area contributed by atoms with Gasteiger partial charge in [0.25, 0.3) is 0 Å². The average Bonchev–Trinajstić information content (AvgIpc) is 2.15. The van der Waals surface area contributed by atoms with E-state index in [-0.39, 0.29) is 5.75 Å². The quantitative estimate of drug-likeness (QED) is 0.839. The summed E-state index contributed by atoms with van der Waals surface area (Å²) in [5.74, 6) is 0.236. The highest BCUT2D eigenvalue weighted by Gasteiger charge is 2.28. The number of hydrogen-bond acceptors (Lipinski definition) is 2. The van der Waals surface area contributed by atoms with E-state index in [1.807, 2.05) is 6.07 Å². The van der Waals surface area contributed by atoms with Crippen LogP contribution in [0.5, 0.6) is 5.75 Å². The van der Waals surface area contributed by atoms with E-state index in [1.54, 1.807) is 19.2 Å². The summed E-state index contributed by atoms with van der Waals surface area (Å²) in [5.41, 5.74) is 0.886. The van der Waals surface area contributed by atoms with Crippen molar-refractivity contribution in [3.05, 3.63) is 29.8 Å². The van der Waals surface area contributed by atoms with Crippen molar-refractivity contribution in [3.8, 4) is 5.75 Å². The second kappa shape index (κ2) is 5.02. The summed E-state index contributed by atoms with van der Waals surface area (Å²) in [6.07, 6.45) is -4.29. The lowest BCUT2D eigenvalue weighted by Crippen LogP contribution is -2.19. The normalized spacial score (nSPS) is 11.5. The third kappa shape index (κ3) is 4.69. The van der Waals surface area contributed by atoms with Crippen LogP contribution in [-0.2, 0) is 6.54 Å². The van der Waals surface area contributed by atoms with Gasteiger partial charge >= 0.3 is 6.18 Å². The Bertz CT molecular complexity index is 312. The Morgan fingerprint density at radius 1 is 1.33 bits per heavy atom. The Labute approximate surface area is 86.1 Å². The molecule has 0 saturated carbocycles. The van der Waals surface area contributed by atoms with Crippen LogP contribution in [0, 0.1) is 0 Å². The van der Waals surface area contributed by atoms with Crippen molar-refractivity contribution < 1.29 is 17.9 Å². The van der Waals surface area contributed by atoms with Crippen molar-refractivity contribution in [2.75, 3.05) is 13.7 Å². The van der Waals surface area contributed by atoms with E-state index >= 15 is 0 Å². The minimum atomic E-state index is -4.29. The van der Waals surface area contributed by atoms with Gasteiger partial charge in [-0.15, -0.1) is 0 Å². The van der Waals surface area contributed by atoms with E-state index in [9.17, 15) is 13.2 Å². The molecule has 84 valence electrons. The Morgan fingerprint density at radius 2 is 2.07 bits per heavy atom. The van der Waals surface area contributed by atoms with Crippen LogP contribution in [0.3, 0.4) is 0 Å². The standard InChI is InChI=1S/C10H12F3NO/c1-14-6-8-3-2-4-9(5-8)15-7-10(11,12)13/h2-5,14H,6-7H2,1H3. The van der Waals surface area contributed by atoms with Crippen LogP contribution >= 0.6 is 0 Å². The van der Waals surface area contributed by atoms with Crippen molar-refractivity contribution in [2.45, 2.75) is 12.7 Å². The number of halogens is 3. The molecule has 0 amide bonds. The first kappa shape index (κ1) is 11.8. The van der Waals surface area contributed by atoms with Gasteiger partial charge in [0.1, 0.15) is 5.75 Å². The molecule has 5 heteroatoms. The van der Waals surface area contributed by atoms with Gasteiger partial charge in [-0.3, -0.25) is 0 Å². The third-order valence-electron chi connectivity index (χ3n) is 1.68. The first-order valence-corrected chi connectivity index (χ1v) is 4.44. The zero-order valence-electron chi connectivity index (χ0n) is 8.27. The van der Waals surface area contributed by atoms with Crippen LogP contribution in [0.2, 0.25) is 0 Å². The monoisotopic (exact) mass is 219 g/mol. The fourth-order valence-electron chi connectivity index (χ4n) is 1.11. The van der Waals surface area contributed by atoms with Gasteiger partial charge in [-0.25, -0.2) is 0 Å². The summed E-state index contributed by atoms with van der Waals surface area (Å²) in [5, 5.41) is 2.91. The molecule has 0 unspecified atom stereocenters. The molecule has 0 aliphatic carbocycles. The molecule has 0 fully saturated rings. The highest BCUT2D eigenvalue weighted by atomic mass is 19.4. The molecule has 0 spiro atoms. The first-order chi connectivity index (χ1) is 7.01. The van der Waals surface area contributed by atoms with Crippen LogP contribution in [0.15, 0.2) is 24.3 Å². The molecule has 0 atom stereocenters. The lowest BCUT2D eigenvalue weighted by Gasteiger charge is -2.10. The number of hydrogen-bond donors (Lipinski definition) is 1. The summed E-state index contributed by atoms with van der Waals surface area (Å²) >= 11 is 0. The van der Waals surface area contributed by atoms with E-state index in [0.29, 0.717) is 6.54 Å². The maximum absolute atomic E-state index is 11.9. The number of rotatable bonds is 4. The molecule has 0 aromatic heterocycles. The van der Waals surface area contributed by atoms with Gasteiger partial charge in [0.2, 0.25) is 0 Å². The Kier molecular flexibility index (Phi) is 3.96. The first-order valence-electron chi connectivity index (χ1n) is 4.44. The second-order valence-electron chi connectivity index (χ2n) is 3.08. The molecule has 0 heterocycles. The molecule has 0 radical (unpaired) electrons. The fraction of sp³-hybridized carbons (Fsp3) is 0.400. The Hall–Kier alpha value is -1.23. The zero-order chi connectivity index (χ0) is 11.3. The van der Waals surface area contributed by atoms with E-state index in [2.05, 4.69) is 10.1 Å². The molecule has 0 saturated heterocycles. The molecular weight excluding hydrogens is 207 g/mol. The Morgan fingerprint density at radius 3 is 2.67 bits per heavy atom. The lowest BCUT2D eigenvalue weighted by atomic mass is 10.2. The topological polar surface area (TPSA) is 21.3 Å². The molecule has 0 aliphatic rings. The molecule has 2 nitrogen and oxygen atoms in total. The maximum Gasteiger partial charge on any atom is 0.422 e. The molecule has 15 heavy (non-hydrogen) atoms.